The number of carbonyl (C=O) groups is 3. The number of nitrogens with one attached hydrogen (secondary N) is 3. The van der Waals surface area contributed by atoms with Gasteiger partial charge in [0.2, 0.25) is 5.91 Å². The Hall–Kier alpha value is -2.77. The lowest BCUT2D eigenvalue weighted by atomic mass is 9.76. The standard InChI is InChI=1S/C21H29N3O5/c1-12(2)29-16-6-5-15(11-17(16)28-4)13(3)22-18(25)14-7-9-21(10-8-14)19(26)23-20(27)24-21/h5-6,11-14H,7-10H2,1-4H3,(H,22,25)(H2,23,24,26,27). The van der Waals surface area contributed by atoms with E-state index in [0.29, 0.717) is 37.2 Å². The van der Waals surface area contributed by atoms with Crippen LogP contribution in [-0.2, 0) is 9.59 Å². The molecule has 29 heavy (non-hydrogen) atoms. The monoisotopic (exact) mass is 403 g/mol. The van der Waals surface area contributed by atoms with E-state index < -0.39 is 11.6 Å². The summed E-state index contributed by atoms with van der Waals surface area (Å²) < 4.78 is 11.2. The quantitative estimate of drug-likeness (QED) is 0.633. The number of rotatable bonds is 6. The molecule has 4 amide bonds. The maximum atomic E-state index is 12.7. The zero-order valence-corrected chi connectivity index (χ0v) is 17.3. The van der Waals surface area contributed by atoms with Crippen molar-refractivity contribution in [3.8, 4) is 11.5 Å². The van der Waals surface area contributed by atoms with Gasteiger partial charge in [0.15, 0.2) is 11.5 Å². The molecular formula is C21H29N3O5. The van der Waals surface area contributed by atoms with Gasteiger partial charge in [0.05, 0.1) is 19.3 Å². The number of ether oxygens (including phenoxy) is 2. The molecular weight excluding hydrogens is 374 g/mol. The van der Waals surface area contributed by atoms with E-state index in [1.807, 2.05) is 39.0 Å². The third-order valence-corrected chi connectivity index (χ3v) is 5.63. The fourth-order valence-corrected chi connectivity index (χ4v) is 3.97. The number of benzene rings is 1. The van der Waals surface area contributed by atoms with Crippen molar-refractivity contribution in [3.63, 3.8) is 0 Å². The number of imide groups is 1. The Morgan fingerprint density at radius 2 is 1.86 bits per heavy atom. The molecule has 1 aliphatic heterocycles. The zero-order valence-electron chi connectivity index (χ0n) is 17.3. The second kappa shape index (κ2) is 8.31. The molecule has 1 aromatic rings. The normalized spacial score (nSPS) is 24.8. The van der Waals surface area contributed by atoms with Gasteiger partial charge in [-0.1, -0.05) is 6.07 Å². The molecule has 1 spiro atoms. The first-order valence-electron chi connectivity index (χ1n) is 10.0. The summed E-state index contributed by atoms with van der Waals surface area (Å²) >= 11 is 0. The summed E-state index contributed by atoms with van der Waals surface area (Å²) in [5.41, 5.74) is 0.0695. The lowest BCUT2D eigenvalue weighted by Crippen LogP contribution is -2.51. The van der Waals surface area contributed by atoms with Crippen LogP contribution in [0.2, 0.25) is 0 Å². The molecule has 1 aliphatic carbocycles. The second-order valence-corrected chi connectivity index (χ2v) is 8.07. The van der Waals surface area contributed by atoms with Crippen molar-refractivity contribution in [2.24, 2.45) is 5.92 Å². The topological polar surface area (TPSA) is 106 Å². The number of carbonyl (C=O) groups excluding carboxylic acids is 3. The first kappa shape index (κ1) is 21.0. The van der Waals surface area contributed by atoms with Gasteiger partial charge < -0.3 is 20.1 Å². The predicted octanol–water partition coefficient (Wildman–Crippen LogP) is 2.43. The minimum absolute atomic E-state index is 0.0354. The van der Waals surface area contributed by atoms with Gasteiger partial charge in [-0.3, -0.25) is 14.9 Å². The molecule has 1 atom stereocenters. The summed E-state index contributed by atoms with van der Waals surface area (Å²) in [5, 5.41) is 8.06. The van der Waals surface area contributed by atoms with Crippen molar-refractivity contribution in [3.05, 3.63) is 23.8 Å². The van der Waals surface area contributed by atoms with Crippen LogP contribution >= 0.6 is 0 Å². The summed E-state index contributed by atoms with van der Waals surface area (Å²) in [5.74, 6) is 0.780. The molecule has 1 saturated carbocycles. The van der Waals surface area contributed by atoms with Crippen molar-refractivity contribution in [1.82, 2.24) is 16.0 Å². The van der Waals surface area contributed by atoms with Crippen LogP contribution in [0.1, 0.15) is 58.1 Å². The smallest absolute Gasteiger partial charge is 0.322 e. The lowest BCUT2D eigenvalue weighted by Gasteiger charge is -2.34. The molecule has 3 N–H and O–H groups in total. The van der Waals surface area contributed by atoms with Crippen molar-refractivity contribution >= 4 is 17.8 Å². The number of amides is 4. The number of hydrogen-bond acceptors (Lipinski definition) is 5. The van der Waals surface area contributed by atoms with E-state index in [2.05, 4.69) is 16.0 Å². The van der Waals surface area contributed by atoms with Crippen LogP contribution < -0.4 is 25.4 Å². The molecule has 1 unspecified atom stereocenters. The Kier molecular flexibility index (Phi) is 6.00. The largest absolute Gasteiger partial charge is 0.493 e. The second-order valence-electron chi connectivity index (χ2n) is 8.07. The van der Waals surface area contributed by atoms with Gasteiger partial charge in [-0.25, -0.2) is 4.79 Å². The molecule has 8 heteroatoms. The van der Waals surface area contributed by atoms with Crippen LogP contribution in [0.15, 0.2) is 18.2 Å². The molecule has 8 nitrogen and oxygen atoms in total. The van der Waals surface area contributed by atoms with Gasteiger partial charge in [0.25, 0.3) is 5.91 Å². The van der Waals surface area contributed by atoms with Crippen LogP contribution in [0.3, 0.4) is 0 Å². The minimum atomic E-state index is -0.848. The first-order valence-corrected chi connectivity index (χ1v) is 10.0. The van der Waals surface area contributed by atoms with Gasteiger partial charge in [-0.15, -0.1) is 0 Å². The van der Waals surface area contributed by atoms with Crippen LogP contribution in [-0.4, -0.2) is 36.6 Å². The highest BCUT2D eigenvalue weighted by Crippen LogP contribution is 2.35. The third-order valence-electron chi connectivity index (χ3n) is 5.63. The Morgan fingerprint density at radius 3 is 2.41 bits per heavy atom. The van der Waals surface area contributed by atoms with Gasteiger partial charge in [0, 0.05) is 5.92 Å². The third kappa shape index (κ3) is 4.46. The summed E-state index contributed by atoms with van der Waals surface area (Å²) in [6.45, 7) is 5.82. The Morgan fingerprint density at radius 1 is 1.17 bits per heavy atom. The molecule has 1 heterocycles. The minimum Gasteiger partial charge on any atom is -0.493 e. The number of hydrogen-bond donors (Lipinski definition) is 3. The predicted molar refractivity (Wildman–Crippen MR) is 107 cm³/mol. The number of urea groups is 1. The summed E-state index contributed by atoms with van der Waals surface area (Å²) in [6, 6.07) is 4.99. The highest BCUT2D eigenvalue weighted by molar-refractivity contribution is 6.07. The van der Waals surface area contributed by atoms with Crippen LogP contribution in [0.25, 0.3) is 0 Å². The van der Waals surface area contributed by atoms with E-state index in [4.69, 9.17) is 9.47 Å². The highest BCUT2D eigenvalue weighted by atomic mass is 16.5. The molecule has 0 bridgehead atoms. The Labute approximate surface area is 170 Å². The molecule has 1 saturated heterocycles. The van der Waals surface area contributed by atoms with E-state index in [1.54, 1.807) is 7.11 Å². The fourth-order valence-electron chi connectivity index (χ4n) is 3.97. The Bertz CT molecular complexity index is 800. The average Bonchev–Trinajstić information content (AvgIpc) is 2.94. The van der Waals surface area contributed by atoms with Gasteiger partial charge in [-0.05, 0) is 64.2 Å². The van der Waals surface area contributed by atoms with Crippen LogP contribution in [0.5, 0.6) is 11.5 Å². The average molecular weight is 403 g/mol. The van der Waals surface area contributed by atoms with Crippen molar-refractivity contribution in [2.75, 3.05) is 7.11 Å². The van der Waals surface area contributed by atoms with Gasteiger partial charge in [-0.2, -0.15) is 0 Å². The van der Waals surface area contributed by atoms with E-state index >= 15 is 0 Å². The summed E-state index contributed by atoms with van der Waals surface area (Å²) in [6.07, 6.45) is 2.07. The van der Waals surface area contributed by atoms with E-state index in [9.17, 15) is 14.4 Å². The molecule has 0 aromatic heterocycles. The maximum absolute atomic E-state index is 12.7. The van der Waals surface area contributed by atoms with Gasteiger partial charge >= 0.3 is 6.03 Å². The molecule has 2 fully saturated rings. The number of methoxy groups -OCH3 is 1. The molecule has 3 rings (SSSR count). The SMILES string of the molecule is COc1cc(C(C)NC(=O)C2CCC3(CC2)NC(=O)NC3=O)ccc1OC(C)C. The lowest BCUT2D eigenvalue weighted by molar-refractivity contribution is -0.130. The maximum Gasteiger partial charge on any atom is 0.322 e. The molecule has 0 radical (unpaired) electrons. The van der Waals surface area contributed by atoms with E-state index in [0.717, 1.165) is 5.56 Å². The first-order chi connectivity index (χ1) is 13.7. The summed E-state index contributed by atoms with van der Waals surface area (Å²) in [7, 11) is 1.59. The Balaban J connectivity index is 1.60. The fraction of sp³-hybridized carbons (Fsp3) is 0.571. The van der Waals surface area contributed by atoms with Crippen molar-refractivity contribution < 1.29 is 23.9 Å². The van der Waals surface area contributed by atoms with Crippen LogP contribution in [0.4, 0.5) is 4.79 Å². The van der Waals surface area contributed by atoms with E-state index in [-0.39, 0.29) is 29.9 Å². The van der Waals surface area contributed by atoms with Gasteiger partial charge in [0.1, 0.15) is 5.54 Å². The molecule has 158 valence electrons. The van der Waals surface area contributed by atoms with Crippen molar-refractivity contribution in [2.45, 2.75) is 64.1 Å². The highest BCUT2D eigenvalue weighted by Gasteiger charge is 2.48. The van der Waals surface area contributed by atoms with E-state index in [1.165, 1.54) is 0 Å². The molecule has 1 aromatic carbocycles. The molecule has 2 aliphatic rings. The summed E-state index contributed by atoms with van der Waals surface area (Å²) in [4.78, 5) is 36.2. The zero-order chi connectivity index (χ0) is 21.2. The van der Waals surface area contributed by atoms with Crippen LogP contribution in [0, 0.1) is 5.92 Å². The van der Waals surface area contributed by atoms with Crippen molar-refractivity contribution in [1.29, 1.82) is 0 Å².